The third-order valence-electron chi connectivity index (χ3n) is 4.41. The summed E-state index contributed by atoms with van der Waals surface area (Å²) in [7, 11) is 1.33. The summed E-state index contributed by atoms with van der Waals surface area (Å²) in [5, 5.41) is 5.15. The van der Waals surface area contributed by atoms with Crippen molar-refractivity contribution in [2.45, 2.75) is 45.8 Å². The molecule has 1 fully saturated rings. The van der Waals surface area contributed by atoms with Crippen molar-refractivity contribution in [3.8, 4) is 0 Å². The number of ether oxygens (including phenoxy) is 1. The highest BCUT2D eigenvalue weighted by molar-refractivity contribution is 5.90. The zero-order chi connectivity index (χ0) is 23.4. The Labute approximate surface area is 180 Å². The molecule has 0 spiro atoms. The molecule has 1 aliphatic heterocycles. The van der Waals surface area contributed by atoms with Crippen LogP contribution in [0.5, 0.6) is 0 Å². The number of carbonyl (C=O) groups excluding carboxylic acids is 3. The molecule has 1 aromatic heterocycles. The number of urea groups is 1. The van der Waals surface area contributed by atoms with E-state index >= 15 is 0 Å². The van der Waals surface area contributed by atoms with E-state index in [2.05, 4.69) is 15.6 Å². The number of aromatic nitrogens is 2. The maximum atomic E-state index is 12.9. The molecule has 172 valence electrons. The topological polar surface area (TPSA) is 135 Å². The minimum Gasteiger partial charge on any atom is -0.444 e. The first-order valence-corrected chi connectivity index (χ1v) is 9.83. The molecule has 0 saturated carbocycles. The SMILES string of the molecule is COn1ccc(NC(=O)N2CCN(C(=O)C(C)(C)NC(=O)OC(C)(C)C)CC2)nc1=O. The Hall–Kier alpha value is -3.31. The van der Waals surface area contributed by atoms with Gasteiger partial charge in [-0.25, -0.2) is 14.4 Å². The van der Waals surface area contributed by atoms with E-state index in [-0.39, 0.29) is 24.8 Å². The number of hydrogen-bond donors (Lipinski definition) is 2. The molecule has 4 amide bonds. The van der Waals surface area contributed by atoms with E-state index in [0.29, 0.717) is 13.1 Å². The lowest BCUT2D eigenvalue weighted by molar-refractivity contribution is -0.138. The average molecular weight is 438 g/mol. The average Bonchev–Trinajstić information content (AvgIpc) is 2.65. The molecule has 0 bridgehead atoms. The van der Waals surface area contributed by atoms with E-state index in [9.17, 15) is 19.2 Å². The predicted molar refractivity (Wildman–Crippen MR) is 112 cm³/mol. The monoisotopic (exact) mass is 438 g/mol. The second-order valence-corrected chi connectivity index (χ2v) is 8.57. The highest BCUT2D eigenvalue weighted by Crippen LogP contribution is 2.14. The third-order valence-corrected chi connectivity index (χ3v) is 4.41. The zero-order valence-corrected chi connectivity index (χ0v) is 18.7. The molecular formula is C19H30N6O6. The highest BCUT2D eigenvalue weighted by atomic mass is 16.6. The molecular weight excluding hydrogens is 408 g/mol. The first-order valence-electron chi connectivity index (χ1n) is 9.83. The molecule has 1 aliphatic rings. The van der Waals surface area contributed by atoms with E-state index in [1.165, 1.54) is 24.3 Å². The van der Waals surface area contributed by atoms with Gasteiger partial charge in [0.05, 0.1) is 6.20 Å². The van der Waals surface area contributed by atoms with Crippen LogP contribution in [-0.4, -0.2) is 82.0 Å². The molecule has 0 atom stereocenters. The summed E-state index contributed by atoms with van der Waals surface area (Å²) in [6.45, 7) is 9.59. The van der Waals surface area contributed by atoms with E-state index in [0.717, 1.165) is 4.73 Å². The molecule has 2 rings (SSSR count). The molecule has 0 radical (unpaired) electrons. The third kappa shape index (κ3) is 6.59. The van der Waals surface area contributed by atoms with Crippen molar-refractivity contribution in [3.05, 3.63) is 22.7 Å². The number of amides is 4. The maximum Gasteiger partial charge on any atom is 0.408 e. The maximum absolute atomic E-state index is 12.9. The Balaban J connectivity index is 1.90. The van der Waals surface area contributed by atoms with Gasteiger partial charge in [-0.1, -0.05) is 0 Å². The van der Waals surface area contributed by atoms with Crippen molar-refractivity contribution in [1.29, 1.82) is 0 Å². The largest absolute Gasteiger partial charge is 0.444 e. The second kappa shape index (κ2) is 9.23. The molecule has 2 N–H and O–H groups in total. The smallest absolute Gasteiger partial charge is 0.408 e. The number of alkyl carbamates (subject to hydrolysis) is 1. The fourth-order valence-electron chi connectivity index (χ4n) is 2.91. The van der Waals surface area contributed by atoms with Gasteiger partial charge in [0.25, 0.3) is 0 Å². The van der Waals surface area contributed by atoms with Crippen molar-refractivity contribution in [1.82, 2.24) is 24.8 Å². The summed E-state index contributed by atoms with van der Waals surface area (Å²) in [6, 6.07) is 1.01. The molecule has 12 heteroatoms. The van der Waals surface area contributed by atoms with E-state index in [1.54, 1.807) is 39.5 Å². The van der Waals surface area contributed by atoms with Gasteiger partial charge >= 0.3 is 17.8 Å². The summed E-state index contributed by atoms with van der Waals surface area (Å²) in [4.78, 5) is 60.6. The molecule has 0 aromatic carbocycles. The number of hydrogen-bond acceptors (Lipinski definition) is 7. The summed E-state index contributed by atoms with van der Waals surface area (Å²) in [6.07, 6.45) is 0.674. The molecule has 1 aromatic rings. The second-order valence-electron chi connectivity index (χ2n) is 8.57. The van der Waals surface area contributed by atoms with Gasteiger partial charge in [0, 0.05) is 32.2 Å². The van der Waals surface area contributed by atoms with Crippen LogP contribution in [0.25, 0.3) is 0 Å². The predicted octanol–water partition coefficient (Wildman–Crippen LogP) is 0.281. The van der Waals surface area contributed by atoms with Gasteiger partial charge in [0.2, 0.25) is 5.91 Å². The van der Waals surface area contributed by atoms with Crippen LogP contribution in [0.1, 0.15) is 34.6 Å². The minimum absolute atomic E-state index is 0.101. The van der Waals surface area contributed by atoms with Crippen molar-refractivity contribution in [3.63, 3.8) is 0 Å². The van der Waals surface area contributed by atoms with E-state index in [4.69, 9.17) is 9.57 Å². The Kier molecular flexibility index (Phi) is 7.13. The van der Waals surface area contributed by atoms with E-state index < -0.39 is 29.0 Å². The molecule has 2 heterocycles. The summed E-state index contributed by atoms with van der Waals surface area (Å²) in [5.74, 6) is -0.173. The van der Waals surface area contributed by atoms with Crippen molar-refractivity contribution < 1.29 is 24.0 Å². The van der Waals surface area contributed by atoms with Crippen LogP contribution in [0.3, 0.4) is 0 Å². The zero-order valence-electron chi connectivity index (χ0n) is 18.7. The van der Waals surface area contributed by atoms with Crippen molar-refractivity contribution in [2.24, 2.45) is 0 Å². The normalized spacial score (nSPS) is 14.6. The van der Waals surface area contributed by atoms with Crippen LogP contribution < -0.4 is 21.2 Å². The number of piperazine rings is 1. The van der Waals surface area contributed by atoms with Crippen LogP contribution in [0.2, 0.25) is 0 Å². The van der Waals surface area contributed by atoms with Gasteiger partial charge in [-0.05, 0) is 34.6 Å². The van der Waals surface area contributed by atoms with Gasteiger partial charge in [-0.2, -0.15) is 4.98 Å². The molecule has 0 unspecified atom stereocenters. The van der Waals surface area contributed by atoms with Crippen molar-refractivity contribution >= 4 is 23.8 Å². The molecule has 0 aliphatic carbocycles. The van der Waals surface area contributed by atoms with E-state index in [1.807, 2.05) is 0 Å². The first-order chi connectivity index (χ1) is 14.3. The summed E-state index contributed by atoms with van der Waals surface area (Å²) >= 11 is 0. The fraction of sp³-hybridized carbons (Fsp3) is 0.632. The number of anilines is 1. The number of nitrogens with zero attached hydrogens (tertiary/aromatic N) is 4. The minimum atomic E-state index is -1.16. The fourth-order valence-corrected chi connectivity index (χ4v) is 2.91. The van der Waals surface area contributed by atoms with Gasteiger partial charge in [0.15, 0.2) is 0 Å². The lowest BCUT2D eigenvalue weighted by atomic mass is 10.0. The van der Waals surface area contributed by atoms with Crippen molar-refractivity contribution in [2.75, 3.05) is 38.6 Å². The standard InChI is InChI=1S/C19H30N6O6/c1-18(2,3)31-17(29)22-19(4,5)14(26)23-9-11-24(12-10-23)15(27)20-13-7-8-25(30-6)16(28)21-13/h7-8H,9-12H2,1-6H3,(H,22,29)(H,20,21,27,28). The molecule has 31 heavy (non-hydrogen) atoms. The number of nitrogens with one attached hydrogen (secondary N) is 2. The summed E-state index contributed by atoms with van der Waals surface area (Å²) in [5.41, 5.74) is -2.50. The van der Waals surface area contributed by atoms with Gasteiger partial charge in [0.1, 0.15) is 24.1 Å². The Morgan fingerprint density at radius 2 is 1.61 bits per heavy atom. The Morgan fingerprint density at radius 1 is 1.03 bits per heavy atom. The lowest BCUT2D eigenvalue weighted by Crippen LogP contribution is -2.60. The Morgan fingerprint density at radius 3 is 2.13 bits per heavy atom. The highest BCUT2D eigenvalue weighted by Gasteiger charge is 2.36. The van der Waals surface area contributed by atoms with Crippen LogP contribution in [0.4, 0.5) is 15.4 Å². The first kappa shape index (κ1) is 24.0. The quantitative estimate of drug-likeness (QED) is 0.689. The number of carbonyl (C=O) groups is 3. The van der Waals surface area contributed by atoms with Crippen LogP contribution >= 0.6 is 0 Å². The lowest BCUT2D eigenvalue weighted by Gasteiger charge is -2.38. The summed E-state index contributed by atoms with van der Waals surface area (Å²) < 4.78 is 6.14. The molecule has 1 saturated heterocycles. The number of rotatable bonds is 4. The van der Waals surface area contributed by atoms with Crippen LogP contribution in [0, 0.1) is 0 Å². The van der Waals surface area contributed by atoms with Gasteiger partial charge < -0.3 is 24.7 Å². The van der Waals surface area contributed by atoms with Gasteiger partial charge in [-0.15, -0.1) is 4.73 Å². The Bertz CT molecular complexity index is 883. The molecule has 12 nitrogen and oxygen atoms in total. The van der Waals surface area contributed by atoms with Crippen LogP contribution in [0.15, 0.2) is 17.1 Å². The van der Waals surface area contributed by atoms with Crippen LogP contribution in [-0.2, 0) is 9.53 Å². The van der Waals surface area contributed by atoms with Gasteiger partial charge in [-0.3, -0.25) is 10.1 Å².